The number of carbonyl (C=O) groups is 1. The molecule has 0 saturated carbocycles. The minimum atomic E-state index is -3.33. The molecule has 130 valence electrons. The van der Waals surface area contributed by atoms with Gasteiger partial charge >= 0.3 is 0 Å². The van der Waals surface area contributed by atoms with Crippen LogP contribution in [0.15, 0.2) is 24.3 Å². The van der Waals surface area contributed by atoms with E-state index in [0.717, 1.165) is 11.8 Å². The van der Waals surface area contributed by atoms with Crippen LogP contribution in [0.2, 0.25) is 5.02 Å². The molecule has 0 fully saturated rings. The summed E-state index contributed by atoms with van der Waals surface area (Å²) < 4.78 is 29.6. The van der Waals surface area contributed by atoms with Gasteiger partial charge in [0.15, 0.2) is 0 Å². The molecule has 0 aliphatic heterocycles. The average Bonchev–Trinajstić information content (AvgIpc) is 2.49. The van der Waals surface area contributed by atoms with Crippen molar-refractivity contribution in [1.29, 1.82) is 0 Å². The third kappa shape index (κ3) is 8.31. The summed E-state index contributed by atoms with van der Waals surface area (Å²) in [5, 5.41) is 3.40. The molecule has 0 bridgehead atoms. The van der Waals surface area contributed by atoms with E-state index in [1.54, 1.807) is 19.2 Å². The smallest absolute Gasteiger partial charge is 0.221 e. The highest BCUT2D eigenvalue weighted by Gasteiger charge is 2.17. The van der Waals surface area contributed by atoms with Crippen molar-refractivity contribution >= 4 is 27.5 Å². The van der Waals surface area contributed by atoms with Gasteiger partial charge in [0.1, 0.15) is 0 Å². The highest BCUT2D eigenvalue weighted by atomic mass is 35.5. The van der Waals surface area contributed by atoms with Crippen LogP contribution in [0.4, 0.5) is 0 Å². The predicted molar refractivity (Wildman–Crippen MR) is 90.8 cm³/mol. The Morgan fingerprint density at radius 3 is 2.48 bits per heavy atom. The first-order valence-corrected chi connectivity index (χ1v) is 9.50. The molecule has 0 atom stereocenters. The molecule has 0 radical (unpaired) electrons. The van der Waals surface area contributed by atoms with Gasteiger partial charge in [0.05, 0.1) is 6.26 Å². The van der Waals surface area contributed by atoms with Gasteiger partial charge in [0.25, 0.3) is 0 Å². The Kier molecular flexibility index (Phi) is 8.54. The fraction of sp³-hybridized carbons (Fsp3) is 0.533. The number of sulfonamides is 1. The van der Waals surface area contributed by atoms with Crippen LogP contribution in [0.5, 0.6) is 0 Å². The SMILES string of the molecule is COCCCN(CCC(=O)NCc1ccc(Cl)cc1)S(C)(=O)=O. The minimum Gasteiger partial charge on any atom is -0.385 e. The van der Waals surface area contributed by atoms with E-state index in [1.165, 1.54) is 4.31 Å². The van der Waals surface area contributed by atoms with E-state index < -0.39 is 10.0 Å². The van der Waals surface area contributed by atoms with Gasteiger partial charge in [-0.3, -0.25) is 4.79 Å². The van der Waals surface area contributed by atoms with Gasteiger partial charge in [-0.15, -0.1) is 0 Å². The average molecular weight is 363 g/mol. The van der Waals surface area contributed by atoms with Crippen molar-refractivity contribution in [1.82, 2.24) is 9.62 Å². The summed E-state index contributed by atoms with van der Waals surface area (Å²) in [5.41, 5.74) is 0.933. The van der Waals surface area contributed by atoms with E-state index in [1.807, 2.05) is 12.1 Å². The summed E-state index contributed by atoms with van der Waals surface area (Å²) in [6, 6.07) is 7.17. The standard InChI is InChI=1S/C15H23ClN2O4S/c1-22-11-3-9-18(23(2,20)21)10-8-15(19)17-12-13-4-6-14(16)7-5-13/h4-7H,3,8-12H2,1-2H3,(H,17,19). The zero-order valence-corrected chi connectivity index (χ0v) is 15.0. The summed E-state index contributed by atoms with van der Waals surface area (Å²) in [6.45, 7) is 1.37. The van der Waals surface area contributed by atoms with E-state index in [-0.39, 0.29) is 18.9 Å². The van der Waals surface area contributed by atoms with Crippen molar-refractivity contribution in [2.75, 3.05) is 33.1 Å². The molecule has 0 aliphatic rings. The number of carbonyl (C=O) groups excluding carboxylic acids is 1. The fourth-order valence-corrected chi connectivity index (χ4v) is 2.96. The lowest BCUT2D eigenvalue weighted by atomic mass is 10.2. The summed E-state index contributed by atoms with van der Waals surface area (Å²) in [6.07, 6.45) is 1.86. The lowest BCUT2D eigenvalue weighted by Crippen LogP contribution is -2.35. The third-order valence-electron chi connectivity index (χ3n) is 3.22. The van der Waals surface area contributed by atoms with E-state index in [9.17, 15) is 13.2 Å². The lowest BCUT2D eigenvalue weighted by molar-refractivity contribution is -0.121. The van der Waals surface area contributed by atoms with Crippen LogP contribution in [0.3, 0.4) is 0 Å². The summed E-state index contributed by atoms with van der Waals surface area (Å²) in [4.78, 5) is 11.9. The van der Waals surface area contributed by atoms with E-state index >= 15 is 0 Å². The van der Waals surface area contributed by atoms with Crippen LogP contribution in [0.25, 0.3) is 0 Å². The molecule has 1 aromatic rings. The topological polar surface area (TPSA) is 75.7 Å². The maximum atomic E-state index is 11.9. The Labute approximate surface area is 142 Å². The molecule has 0 saturated heterocycles. The molecule has 0 aromatic heterocycles. The van der Waals surface area contributed by atoms with Crippen molar-refractivity contribution < 1.29 is 17.9 Å². The molecule has 23 heavy (non-hydrogen) atoms. The van der Waals surface area contributed by atoms with Gasteiger partial charge in [0, 0.05) is 44.8 Å². The second kappa shape index (κ2) is 9.87. The fourth-order valence-electron chi connectivity index (χ4n) is 1.95. The second-order valence-electron chi connectivity index (χ2n) is 5.16. The van der Waals surface area contributed by atoms with Gasteiger partial charge in [-0.1, -0.05) is 23.7 Å². The Balaban J connectivity index is 2.40. The van der Waals surface area contributed by atoms with Crippen LogP contribution < -0.4 is 5.32 Å². The predicted octanol–water partition coefficient (Wildman–Crippen LogP) is 1.64. The molecule has 1 amide bonds. The highest BCUT2D eigenvalue weighted by molar-refractivity contribution is 7.88. The zero-order chi connectivity index (χ0) is 17.3. The van der Waals surface area contributed by atoms with Gasteiger partial charge in [-0.05, 0) is 24.1 Å². The molecule has 1 aromatic carbocycles. The Morgan fingerprint density at radius 2 is 1.91 bits per heavy atom. The van der Waals surface area contributed by atoms with Crippen LogP contribution in [0.1, 0.15) is 18.4 Å². The number of nitrogens with one attached hydrogen (secondary N) is 1. The molecule has 8 heteroatoms. The summed E-state index contributed by atoms with van der Waals surface area (Å²) in [7, 11) is -1.77. The van der Waals surface area contributed by atoms with Gasteiger partial charge < -0.3 is 10.1 Å². The third-order valence-corrected chi connectivity index (χ3v) is 4.77. The highest BCUT2D eigenvalue weighted by Crippen LogP contribution is 2.09. The van der Waals surface area contributed by atoms with Gasteiger partial charge in [0.2, 0.25) is 15.9 Å². The van der Waals surface area contributed by atoms with Gasteiger partial charge in [-0.25, -0.2) is 12.7 Å². The van der Waals surface area contributed by atoms with Crippen LogP contribution in [-0.2, 0) is 26.1 Å². The normalized spacial score (nSPS) is 11.7. The number of methoxy groups -OCH3 is 1. The molecular formula is C15H23ClN2O4S. The molecule has 6 nitrogen and oxygen atoms in total. The zero-order valence-electron chi connectivity index (χ0n) is 13.4. The Morgan fingerprint density at radius 1 is 1.26 bits per heavy atom. The number of rotatable bonds is 10. The summed E-state index contributed by atoms with van der Waals surface area (Å²) in [5.74, 6) is -0.194. The number of ether oxygens (including phenoxy) is 1. The van der Waals surface area contributed by atoms with Crippen molar-refractivity contribution in [3.8, 4) is 0 Å². The first-order valence-electron chi connectivity index (χ1n) is 7.28. The van der Waals surface area contributed by atoms with Crippen LogP contribution >= 0.6 is 11.6 Å². The van der Waals surface area contributed by atoms with Crippen molar-refractivity contribution in [3.63, 3.8) is 0 Å². The maximum Gasteiger partial charge on any atom is 0.221 e. The van der Waals surface area contributed by atoms with E-state index in [0.29, 0.717) is 31.1 Å². The first kappa shape index (κ1) is 19.9. The lowest BCUT2D eigenvalue weighted by Gasteiger charge is -2.19. The second-order valence-corrected chi connectivity index (χ2v) is 7.58. The van der Waals surface area contributed by atoms with Crippen molar-refractivity contribution in [3.05, 3.63) is 34.9 Å². The number of halogens is 1. The quantitative estimate of drug-likeness (QED) is 0.642. The van der Waals surface area contributed by atoms with E-state index in [4.69, 9.17) is 16.3 Å². The van der Waals surface area contributed by atoms with E-state index in [2.05, 4.69) is 5.32 Å². The largest absolute Gasteiger partial charge is 0.385 e. The van der Waals surface area contributed by atoms with Crippen molar-refractivity contribution in [2.45, 2.75) is 19.4 Å². The molecule has 0 spiro atoms. The van der Waals surface area contributed by atoms with Gasteiger partial charge in [-0.2, -0.15) is 0 Å². The molecule has 0 heterocycles. The maximum absolute atomic E-state index is 11.9. The molecule has 0 unspecified atom stereocenters. The number of amides is 1. The minimum absolute atomic E-state index is 0.119. The number of benzene rings is 1. The number of hydrogen-bond donors (Lipinski definition) is 1. The number of nitrogens with zero attached hydrogens (tertiary/aromatic N) is 1. The monoisotopic (exact) mass is 362 g/mol. The van der Waals surface area contributed by atoms with Crippen LogP contribution in [0, 0.1) is 0 Å². The molecule has 1 N–H and O–H groups in total. The van der Waals surface area contributed by atoms with Crippen LogP contribution in [-0.4, -0.2) is 51.7 Å². The Hall–Kier alpha value is -1.15. The molecule has 1 rings (SSSR count). The van der Waals surface area contributed by atoms with Crippen molar-refractivity contribution in [2.24, 2.45) is 0 Å². The summed E-state index contributed by atoms with van der Waals surface area (Å²) >= 11 is 5.80. The first-order chi connectivity index (χ1) is 10.8. The molecular weight excluding hydrogens is 340 g/mol. The Bertz CT molecular complexity index is 590. The number of hydrogen-bond acceptors (Lipinski definition) is 4. The molecule has 0 aliphatic carbocycles.